The fraction of sp³-hybridized carbons (Fsp3) is 0.500. The summed E-state index contributed by atoms with van der Waals surface area (Å²) < 4.78 is 24.5. The minimum Gasteiger partial charge on any atom is -0.353 e. The molecule has 0 bridgehead atoms. The molecule has 19 heavy (non-hydrogen) atoms. The summed E-state index contributed by atoms with van der Waals surface area (Å²) in [5.74, 6) is 1.29. The lowest BCUT2D eigenvalue weighted by Crippen LogP contribution is -2.16. The third-order valence-corrected chi connectivity index (χ3v) is 5.19. The van der Waals surface area contributed by atoms with Crippen molar-refractivity contribution >= 4 is 21.4 Å². The summed E-state index contributed by atoms with van der Waals surface area (Å²) in [5.41, 5.74) is 1.90. The first-order chi connectivity index (χ1) is 9.02. The Morgan fingerprint density at radius 3 is 3.05 bits per heavy atom. The Labute approximate surface area is 111 Å². The van der Waals surface area contributed by atoms with Crippen LogP contribution in [0, 0.1) is 12.8 Å². The van der Waals surface area contributed by atoms with E-state index in [0.29, 0.717) is 18.2 Å². The van der Waals surface area contributed by atoms with Gasteiger partial charge >= 0.3 is 0 Å². The second-order valence-electron chi connectivity index (χ2n) is 5.09. The number of anilines is 1. The number of rotatable bonds is 3. The normalized spacial score (nSPS) is 21.8. The van der Waals surface area contributed by atoms with E-state index in [1.165, 1.54) is 0 Å². The lowest BCUT2D eigenvalue weighted by atomic mass is 10.1. The highest BCUT2D eigenvalue weighted by molar-refractivity contribution is 7.91. The summed E-state index contributed by atoms with van der Waals surface area (Å²) in [4.78, 5) is 4.34. The number of hydrogen-bond donors (Lipinski definition) is 1. The quantitative estimate of drug-likeness (QED) is 0.903. The van der Waals surface area contributed by atoms with Crippen molar-refractivity contribution in [3.8, 4) is 0 Å². The van der Waals surface area contributed by atoms with E-state index < -0.39 is 9.84 Å². The van der Waals surface area contributed by atoms with E-state index in [0.717, 1.165) is 17.6 Å². The Kier molecular flexibility index (Phi) is 2.93. The molecular weight excluding hydrogens is 264 g/mol. The van der Waals surface area contributed by atoms with Crippen LogP contribution in [0.3, 0.4) is 0 Å². The van der Waals surface area contributed by atoms with Gasteiger partial charge in [-0.15, -0.1) is 5.10 Å². The number of aryl methyl sites for hydroxylation is 1. The van der Waals surface area contributed by atoms with Gasteiger partial charge in [0.05, 0.1) is 11.5 Å². The van der Waals surface area contributed by atoms with Gasteiger partial charge in [0.1, 0.15) is 0 Å². The van der Waals surface area contributed by atoms with Crippen molar-refractivity contribution in [3.05, 3.63) is 23.9 Å². The Bertz CT molecular complexity index is 708. The SMILES string of the molecule is Cc1ccc2nc(NCC3CCS(=O)(=O)C3)nn2c1. The zero-order chi connectivity index (χ0) is 13.5. The van der Waals surface area contributed by atoms with Crippen molar-refractivity contribution in [2.45, 2.75) is 13.3 Å². The topological polar surface area (TPSA) is 76.4 Å². The first-order valence-electron chi connectivity index (χ1n) is 6.29. The van der Waals surface area contributed by atoms with Crippen molar-refractivity contribution < 1.29 is 8.42 Å². The molecule has 1 fully saturated rings. The molecule has 6 nitrogen and oxygen atoms in total. The van der Waals surface area contributed by atoms with Crippen LogP contribution in [-0.4, -0.2) is 41.1 Å². The molecule has 0 saturated carbocycles. The van der Waals surface area contributed by atoms with Crippen molar-refractivity contribution in [3.63, 3.8) is 0 Å². The molecule has 0 aliphatic carbocycles. The second-order valence-corrected chi connectivity index (χ2v) is 7.32. The number of nitrogens with one attached hydrogen (secondary N) is 1. The van der Waals surface area contributed by atoms with Gasteiger partial charge in [0, 0.05) is 12.7 Å². The molecular formula is C12H16N4O2S. The fourth-order valence-corrected chi connectivity index (χ4v) is 4.19. The molecule has 1 aliphatic heterocycles. The van der Waals surface area contributed by atoms with Crippen molar-refractivity contribution in [1.29, 1.82) is 0 Å². The van der Waals surface area contributed by atoms with E-state index in [1.54, 1.807) is 4.52 Å². The average molecular weight is 280 g/mol. The third kappa shape index (κ3) is 2.70. The molecule has 0 aromatic carbocycles. The summed E-state index contributed by atoms with van der Waals surface area (Å²) in [6.07, 6.45) is 2.63. The van der Waals surface area contributed by atoms with E-state index >= 15 is 0 Å². The Morgan fingerprint density at radius 1 is 1.47 bits per heavy atom. The molecule has 1 atom stereocenters. The van der Waals surface area contributed by atoms with Crippen LogP contribution in [0.15, 0.2) is 18.3 Å². The van der Waals surface area contributed by atoms with Crippen LogP contribution < -0.4 is 5.32 Å². The fourth-order valence-electron chi connectivity index (χ4n) is 2.33. The van der Waals surface area contributed by atoms with Crippen LogP contribution in [0.2, 0.25) is 0 Å². The lowest BCUT2D eigenvalue weighted by Gasteiger charge is -2.06. The van der Waals surface area contributed by atoms with Gasteiger partial charge in [-0.1, -0.05) is 6.07 Å². The average Bonchev–Trinajstić information content (AvgIpc) is 2.89. The van der Waals surface area contributed by atoms with Crippen LogP contribution >= 0.6 is 0 Å². The largest absolute Gasteiger partial charge is 0.353 e. The maximum Gasteiger partial charge on any atom is 0.243 e. The first kappa shape index (κ1) is 12.4. The highest BCUT2D eigenvalue weighted by atomic mass is 32.2. The smallest absolute Gasteiger partial charge is 0.243 e. The lowest BCUT2D eigenvalue weighted by molar-refractivity contribution is 0.595. The second kappa shape index (κ2) is 4.48. The number of aromatic nitrogens is 3. The van der Waals surface area contributed by atoms with E-state index in [9.17, 15) is 8.42 Å². The predicted molar refractivity (Wildman–Crippen MR) is 73.0 cm³/mol. The van der Waals surface area contributed by atoms with Crippen molar-refractivity contribution in [1.82, 2.24) is 14.6 Å². The van der Waals surface area contributed by atoms with Crippen molar-refractivity contribution in [2.24, 2.45) is 5.92 Å². The molecule has 0 spiro atoms. The Morgan fingerprint density at radius 2 is 2.32 bits per heavy atom. The Hall–Kier alpha value is -1.63. The standard InChI is InChI=1S/C12H16N4O2S/c1-9-2-3-11-14-12(15-16(11)7-9)13-6-10-4-5-19(17,18)8-10/h2-3,7,10H,4-6,8H2,1H3,(H,13,15). The zero-order valence-electron chi connectivity index (χ0n) is 10.7. The van der Waals surface area contributed by atoms with E-state index in [2.05, 4.69) is 15.4 Å². The molecule has 102 valence electrons. The molecule has 1 N–H and O–H groups in total. The maximum atomic E-state index is 11.4. The third-order valence-electron chi connectivity index (χ3n) is 3.35. The van der Waals surface area contributed by atoms with Gasteiger partial charge < -0.3 is 5.32 Å². The van der Waals surface area contributed by atoms with E-state index in [-0.39, 0.29) is 11.7 Å². The summed E-state index contributed by atoms with van der Waals surface area (Å²) >= 11 is 0. The van der Waals surface area contributed by atoms with Crippen LogP contribution in [0.25, 0.3) is 5.65 Å². The maximum absolute atomic E-state index is 11.4. The van der Waals surface area contributed by atoms with Gasteiger partial charge in [0.25, 0.3) is 0 Å². The highest BCUT2D eigenvalue weighted by Crippen LogP contribution is 2.18. The Balaban J connectivity index is 1.69. The molecule has 1 unspecified atom stereocenters. The van der Waals surface area contributed by atoms with Gasteiger partial charge in [-0.05, 0) is 30.9 Å². The molecule has 1 aliphatic rings. The van der Waals surface area contributed by atoms with Crippen LogP contribution in [-0.2, 0) is 9.84 Å². The van der Waals surface area contributed by atoms with Crippen LogP contribution in [0.5, 0.6) is 0 Å². The molecule has 1 saturated heterocycles. The van der Waals surface area contributed by atoms with Crippen LogP contribution in [0.4, 0.5) is 5.95 Å². The zero-order valence-corrected chi connectivity index (χ0v) is 11.5. The van der Waals surface area contributed by atoms with Gasteiger partial charge in [0.15, 0.2) is 15.5 Å². The summed E-state index contributed by atoms with van der Waals surface area (Å²) in [5, 5.41) is 7.44. The number of hydrogen-bond acceptors (Lipinski definition) is 5. The summed E-state index contributed by atoms with van der Waals surface area (Å²) in [7, 11) is -2.82. The monoisotopic (exact) mass is 280 g/mol. The van der Waals surface area contributed by atoms with E-state index in [4.69, 9.17) is 0 Å². The van der Waals surface area contributed by atoms with Gasteiger partial charge in [0.2, 0.25) is 5.95 Å². The predicted octanol–water partition coefficient (Wildman–Crippen LogP) is 0.884. The van der Waals surface area contributed by atoms with Crippen molar-refractivity contribution in [2.75, 3.05) is 23.4 Å². The molecule has 0 amide bonds. The van der Waals surface area contributed by atoms with Gasteiger partial charge in [-0.3, -0.25) is 0 Å². The molecule has 2 aromatic rings. The number of fused-ring (bicyclic) bond motifs is 1. The molecule has 3 rings (SSSR count). The summed E-state index contributed by atoms with van der Waals surface area (Å²) in [6, 6.07) is 3.89. The number of sulfone groups is 1. The highest BCUT2D eigenvalue weighted by Gasteiger charge is 2.27. The van der Waals surface area contributed by atoms with Gasteiger partial charge in [-0.25, -0.2) is 12.9 Å². The summed E-state index contributed by atoms with van der Waals surface area (Å²) in [6.45, 7) is 2.60. The minimum atomic E-state index is -2.82. The molecule has 2 aromatic heterocycles. The molecule has 3 heterocycles. The molecule has 7 heteroatoms. The number of pyridine rings is 1. The molecule has 0 radical (unpaired) electrons. The first-order valence-corrected chi connectivity index (χ1v) is 8.11. The van der Waals surface area contributed by atoms with E-state index in [1.807, 2.05) is 25.3 Å². The number of nitrogens with zero attached hydrogens (tertiary/aromatic N) is 3. The minimum absolute atomic E-state index is 0.165. The van der Waals surface area contributed by atoms with Gasteiger partial charge in [-0.2, -0.15) is 4.98 Å². The van der Waals surface area contributed by atoms with Crippen LogP contribution in [0.1, 0.15) is 12.0 Å².